The number of ether oxygens (including phenoxy) is 1. The highest BCUT2D eigenvalue weighted by Crippen LogP contribution is 2.09. The molecule has 8 heteroatoms. The zero-order chi connectivity index (χ0) is 22.6. The van der Waals surface area contributed by atoms with E-state index in [-0.39, 0.29) is 35.9 Å². The Bertz CT molecular complexity index is 898. The minimum absolute atomic E-state index is 0. The molecule has 7 nitrogen and oxygen atoms in total. The van der Waals surface area contributed by atoms with Crippen molar-refractivity contribution in [2.75, 3.05) is 33.8 Å². The van der Waals surface area contributed by atoms with Crippen LogP contribution in [0, 0.1) is 0 Å². The zero-order valence-corrected chi connectivity index (χ0v) is 21.5. The smallest absolute Gasteiger partial charge is 0.338 e. The highest BCUT2D eigenvalue weighted by molar-refractivity contribution is 14.0. The van der Waals surface area contributed by atoms with Gasteiger partial charge in [0.1, 0.15) is 0 Å². The molecule has 0 saturated carbocycles. The van der Waals surface area contributed by atoms with Gasteiger partial charge in [-0.3, -0.25) is 4.79 Å². The Balaban J connectivity index is 0.00000512. The van der Waals surface area contributed by atoms with E-state index in [1.54, 1.807) is 38.1 Å². The van der Waals surface area contributed by atoms with Crippen LogP contribution in [-0.2, 0) is 17.7 Å². The van der Waals surface area contributed by atoms with Crippen molar-refractivity contribution in [2.45, 2.75) is 26.8 Å². The zero-order valence-electron chi connectivity index (χ0n) is 19.2. The Kier molecular flexibility index (Phi) is 12.4. The fourth-order valence-corrected chi connectivity index (χ4v) is 2.92. The second kappa shape index (κ2) is 14.4. The van der Waals surface area contributed by atoms with Crippen molar-refractivity contribution < 1.29 is 14.3 Å². The van der Waals surface area contributed by atoms with Crippen LogP contribution in [0.5, 0.6) is 0 Å². The van der Waals surface area contributed by atoms with Crippen LogP contribution in [0.3, 0.4) is 0 Å². The molecule has 0 bridgehead atoms. The van der Waals surface area contributed by atoms with Gasteiger partial charge in [-0.15, -0.1) is 24.0 Å². The molecular formula is C24H33IN4O3. The highest BCUT2D eigenvalue weighted by atomic mass is 127. The fraction of sp³-hybridized carbons (Fsp3) is 0.375. The molecule has 0 heterocycles. The van der Waals surface area contributed by atoms with Gasteiger partial charge in [-0.2, -0.15) is 0 Å². The first-order valence-corrected chi connectivity index (χ1v) is 10.5. The van der Waals surface area contributed by atoms with Gasteiger partial charge in [0.2, 0.25) is 0 Å². The fourth-order valence-electron chi connectivity index (χ4n) is 2.92. The van der Waals surface area contributed by atoms with E-state index in [1.165, 1.54) is 0 Å². The van der Waals surface area contributed by atoms with E-state index in [0.29, 0.717) is 30.8 Å². The number of benzene rings is 2. The number of carbonyl (C=O) groups is 2. The Labute approximate surface area is 207 Å². The van der Waals surface area contributed by atoms with Crippen molar-refractivity contribution in [3.8, 4) is 0 Å². The summed E-state index contributed by atoms with van der Waals surface area (Å²) >= 11 is 0. The number of aliphatic imine (C=N–C) groups is 1. The Morgan fingerprint density at radius 2 is 1.69 bits per heavy atom. The van der Waals surface area contributed by atoms with Crippen LogP contribution in [0.2, 0.25) is 0 Å². The molecule has 2 aromatic carbocycles. The number of nitrogens with one attached hydrogen (secondary N) is 2. The Morgan fingerprint density at radius 3 is 2.31 bits per heavy atom. The third-order valence-corrected chi connectivity index (χ3v) is 4.52. The van der Waals surface area contributed by atoms with Gasteiger partial charge in [0.05, 0.1) is 18.7 Å². The van der Waals surface area contributed by atoms with Crippen LogP contribution in [0.15, 0.2) is 53.5 Å². The molecule has 0 aromatic heterocycles. The summed E-state index contributed by atoms with van der Waals surface area (Å²) in [6.45, 7) is 6.09. The van der Waals surface area contributed by atoms with Crippen LogP contribution >= 0.6 is 24.0 Å². The number of hydrogen-bond donors (Lipinski definition) is 2. The Hall–Kier alpha value is -2.62. The molecule has 0 saturated heterocycles. The van der Waals surface area contributed by atoms with Gasteiger partial charge in [0, 0.05) is 32.7 Å². The lowest BCUT2D eigenvalue weighted by Gasteiger charge is -2.13. The van der Waals surface area contributed by atoms with E-state index >= 15 is 0 Å². The third kappa shape index (κ3) is 8.86. The third-order valence-electron chi connectivity index (χ3n) is 4.52. The van der Waals surface area contributed by atoms with Gasteiger partial charge >= 0.3 is 5.97 Å². The number of carbonyl (C=O) groups excluding carboxylic acids is 2. The van der Waals surface area contributed by atoms with Crippen molar-refractivity contribution >= 4 is 41.8 Å². The Morgan fingerprint density at radius 1 is 0.969 bits per heavy atom. The molecule has 2 rings (SSSR count). The van der Waals surface area contributed by atoms with E-state index < -0.39 is 0 Å². The van der Waals surface area contributed by atoms with Gasteiger partial charge in [-0.1, -0.05) is 24.3 Å². The standard InChI is InChI=1S/C24H32N4O3.HI/c1-5-25-24(27-17-19-10-12-20(13-11-19)23(30)31-6-2)26-15-14-18-8-7-9-21(16-18)22(29)28(3)4;/h7-13,16H,5-6,14-15,17H2,1-4H3,(H2,25,26,27);1H. The van der Waals surface area contributed by atoms with E-state index in [4.69, 9.17) is 4.74 Å². The number of guanidine groups is 1. The summed E-state index contributed by atoms with van der Waals surface area (Å²) in [5.74, 6) is 0.403. The SMILES string of the molecule is CCNC(=NCc1ccc(C(=O)OCC)cc1)NCCc1cccc(C(=O)N(C)C)c1.I. The predicted molar refractivity (Wildman–Crippen MR) is 139 cm³/mol. The maximum absolute atomic E-state index is 12.1. The molecule has 0 aliphatic carbocycles. The number of hydrogen-bond acceptors (Lipinski definition) is 4. The lowest BCUT2D eigenvalue weighted by molar-refractivity contribution is 0.0526. The van der Waals surface area contributed by atoms with Crippen LogP contribution < -0.4 is 10.6 Å². The van der Waals surface area contributed by atoms with Gasteiger partial charge < -0.3 is 20.3 Å². The monoisotopic (exact) mass is 552 g/mol. The molecule has 1 amide bonds. The van der Waals surface area contributed by atoms with E-state index in [1.807, 2.05) is 43.3 Å². The van der Waals surface area contributed by atoms with Crippen LogP contribution in [0.4, 0.5) is 0 Å². The number of halogens is 1. The molecule has 0 atom stereocenters. The second-order valence-electron chi connectivity index (χ2n) is 7.19. The normalized spacial score (nSPS) is 10.7. The minimum Gasteiger partial charge on any atom is -0.462 e. The molecule has 0 spiro atoms. The van der Waals surface area contributed by atoms with Crippen molar-refractivity contribution in [3.63, 3.8) is 0 Å². The van der Waals surface area contributed by atoms with Gasteiger partial charge in [0.25, 0.3) is 5.91 Å². The van der Waals surface area contributed by atoms with Crippen LogP contribution in [0.25, 0.3) is 0 Å². The van der Waals surface area contributed by atoms with Crippen LogP contribution in [0.1, 0.15) is 45.7 Å². The lowest BCUT2D eigenvalue weighted by atomic mass is 10.1. The van der Waals surface area contributed by atoms with E-state index in [2.05, 4.69) is 15.6 Å². The number of rotatable bonds is 9. The highest BCUT2D eigenvalue weighted by Gasteiger charge is 2.08. The first-order valence-electron chi connectivity index (χ1n) is 10.5. The summed E-state index contributed by atoms with van der Waals surface area (Å²) in [4.78, 5) is 30.1. The molecular weight excluding hydrogens is 519 g/mol. The maximum Gasteiger partial charge on any atom is 0.338 e. The summed E-state index contributed by atoms with van der Waals surface area (Å²) < 4.78 is 5.00. The van der Waals surface area contributed by atoms with Crippen molar-refractivity contribution in [1.82, 2.24) is 15.5 Å². The summed E-state index contributed by atoms with van der Waals surface area (Å²) in [5.41, 5.74) is 3.31. The first kappa shape index (κ1) is 27.4. The topological polar surface area (TPSA) is 83.0 Å². The molecule has 0 fully saturated rings. The minimum atomic E-state index is -0.316. The van der Waals surface area contributed by atoms with Crippen LogP contribution in [-0.4, -0.2) is 56.5 Å². The lowest BCUT2D eigenvalue weighted by Crippen LogP contribution is -2.38. The molecule has 0 radical (unpaired) electrons. The first-order chi connectivity index (χ1) is 14.9. The number of nitrogens with zero attached hydrogens (tertiary/aromatic N) is 2. The second-order valence-corrected chi connectivity index (χ2v) is 7.19. The average Bonchev–Trinajstić information content (AvgIpc) is 2.77. The van der Waals surface area contributed by atoms with E-state index in [0.717, 1.165) is 30.1 Å². The average molecular weight is 552 g/mol. The summed E-state index contributed by atoms with van der Waals surface area (Å²) in [6, 6.07) is 15.0. The largest absolute Gasteiger partial charge is 0.462 e. The molecule has 2 aromatic rings. The van der Waals surface area contributed by atoms with E-state index in [9.17, 15) is 9.59 Å². The summed E-state index contributed by atoms with van der Waals surface area (Å²) in [7, 11) is 3.50. The molecule has 174 valence electrons. The molecule has 32 heavy (non-hydrogen) atoms. The predicted octanol–water partition coefficient (Wildman–Crippen LogP) is 3.48. The van der Waals surface area contributed by atoms with Crippen molar-refractivity contribution in [2.24, 2.45) is 4.99 Å². The van der Waals surface area contributed by atoms with Crippen molar-refractivity contribution in [3.05, 3.63) is 70.8 Å². The van der Waals surface area contributed by atoms with Gasteiger partial charge in [-0.05, 0) is 55.7 Å². The molecule has 0 aliphatic heterocycles. The quantitative estimate of drug-likeness (QED) is 0.216. The van der Waals surface area contributed by atoms with Gasteiger partial charge in [0.15, 0.2) is 5.96 Å². The maximum atomic E-state index is 12.1. The number of esters is 1. The molecule has 0 aliphatic rings. The number of amides is 1. The summed E-state index contributed by atoms with van der Waals surface area (Å²) in [5, 5.41) is 6.56. The summed E-state index contributed by atoms with van der Waals surface area (Å²) in [6.07, 6.45) is 0.771. The van der Waals surface area contributed by atoms with Gasteiger partial charge in [-0.25, -0.2) is 9.79 Å². The molecule has 2 N–H and O–H groups in total. The molecule has 0 unspecified atom stereocenters. The van der Waals surface area contributed by atoms with Crippen molar-refractivity contribution in [1.29, 1.82) is 0 Å².